The summed E-state index contributed by atoms with van der Waals surface area (Å²) in [6.07, 6.45) is 95.8. The molecule has 0 saturated carbocycles. The van der Waals surface area contributed by atoms with Gasteiger partial charge in [0.2, 0.25) is 0 Å². The second-order valence-electron chi connectivity index (χ2n) is 26.6. The van der Waals surface area contributed by atoms with Crippen LogP contribution < -0.4 is 0 Å². The van der Waals surface area contributed by atoms with Crippen molar-refractivity contribution in [3.63, 3.8) is 0 Å². The fourth-order valence-corrected chi connectivity index (χ4v) is 11.8. The van der Waals surface area contributed by atoms with E-state index in [1.807, 2.05) is 0 Å². The average Bonchev–Trinajstić information content (AvgIpc) is 0.896. The molecule has 0 aliphatic carbocycles. The number of hydrogen-bond donors (Lipinski definition) is 3. The van der Waals surface area contributed by atoms with Gasteiger partial charge in [-0.3, -0.25) is 37.3 Å². The first kappa shape index (κ1) is 102. The van der Waals surface area contributed by atoms with Crippen LogP contribution in [0, 0.1) is 0 Å². The van der Waals surface area contributed by atoms with Crippen LogP contribution >= 0.6 is 15.6 Å². The number of unbranched alkanes of at least 4 members (excludes halogenated alkanes) is 19. The van der Waals surface area contributed by atoms with Gasteiger partial charge in [-0.15, -0.1) is 0 Å². The SMILES string of the molecule is CC/C=C\C/C=C\C/C=C\C/C=C\CCCCCCCCC(=O)OCC(COP(=O)(O)OCC(O)COP(=O)(O)OCC(COC(=O)CCCC/C=C\C/C=C\C/C=C\C/C=C\CC)OC(=O)CCCC/C=C\C/C=C\C/C=C\C/C=C\CC)OC(=O)CCCCCCCC/C=C\C/C=C\C/C=C\CCCCC. The van der Waals surface area contributed by atoms with E-state index in [0.29, 0.717) is 32.1 Å². The molecule has 0 saturated heterocycles. The van der Waals surface area contributed by atoms with Crippen molar-refractivity contribution in [2.75, 3.05) is 39.6 Å². The van der Waals surface area contributed by atoms with Crippen LogP contribution in [0.5, 0.6) is 0 Å². The third-order valence-electron chi connectivity index (χ3n) is 16.3. The summed E-state index contributed by atoms with van der Waals surface area (Å²) in [6, 6.07) is 0. The first-order chi connectivity index (χ1) is 52.7. The van der Waals surface area contributed by atoms with Crippen molar-refractivity contribution in [1.29, 1.82) is 0 Å². The number of carbonyl (C=O) groups is 4. The maximum Gasteiger partial charge on any atom is 0.472 e. The Bertz CT molecular complexity index is 2760. The number of ether oxygens (including phenoxy) is 4. The van der Waals surface area contributed by atoms with Gasteiger partial charge >= 0.3 is 39.5 Å². The monoisotopic (exact) mass is 1550 g/mol. The Labute approximate surface area is 654 Å². The molecule has 19 heteroatoms. The fraction of sp³-hybridized carbons (Fsp3) is 0.618. The molecule has 0 heterocycles. The van der Waals surface area contributed by atoms with Crippen LogP contribution in [0.3, 0.4) is 0 Å². The molecule has 0 rings (SSSR count). The number of phosphoric acid groups is 2. The molecule has 0 bridgehead atoms. The van der Waals surface area contributed by atoms with Crippen molar-refractivity contribution in [1.82, 2.24) is 0 Å². The minimum absolute atomic E-state index is 0.0264. The van der Waals surface area contributed by atoms with Gasteiger partial charge in [0.25, 0.3) is 0 Å². The predicted octanol–water partition coefficient (Wildman–Crippen LogP) is 24.3. The summed E-state index contributed by atoms with van der Waals surface area (Å²) < 4.78 is 68.6. The fourth-order valence-electron chi connectivity index (χ4n) is 10.2. The van der Waals surface area contributed by atoms with E-state index in [2.05, 4.69) is 210 Å². The smallest absolute Gasteiger partial charge is 0.462 e. The predicted molar refractivity (Wildman–Crippen MR) is 445 cm³/mol. The lowest BCUT2D eigenvalue weighted by Crippen LogP contribution is -2.30. The van der Waals surface area contributed by atoms with Crippen molar-refractivity contribution in [3.05, 3.63) is 182 Å². The maximum absolute atomic E-state index is 13.1. The summed E-state index contributed by atoms with van der Waals surface area (Å²) in [7, 11) is -10.0. The molecule has 108 heavy (non-hydrogen) atoms. The number of esters is 4. The van der Waals surface area contributed by atoms with Crippen molar-refractivity contribution in [2.24, 2.45) is 0 Å². The van der Waals surface area contributed by atoms with Gasteiger partial charge in [-0.2, -0.15) is 0 Å². The van der Waals surface area contributed by atoms with E-state index in [1.165, 1.54) is 19.3 Å². The minimum atomic E-state index is -5.01. The van der Waals surface area contributed by atoms with E-state index in [0.717, 1.165) is 193 Å². The number of aliphatic hydroxyl groups excluding tert-OH is 1. The van der Waals surface area contributed by atoms with Crippen LogP contribution in [0.25, 0.3) is 0 Å². The lowest BCUT2D eigenvalue weighted by Gasteiger charge is -2.21. The van der Waals surface area contributed by atoms with Crippen LogP contribution in [-0.2, 0) is 65.4 Å². The molecule has 5 atom stereocenters. The summed E-state index contributed by atoms with van der Waals surface area (Å²) in [6.45, 7) is 4.37. The van der Waals surface area contributed by atoms with Gasteiger partial charge in [0.1, 0.15) is 19.3 Å². The van der Waals surface area contributed by atoms with Gasteiger partial charge in [-0.05, 0) is 180 Å². The van der Waals surface area contributed by atoms with E-state index in [4.69, 9.17) is 37.0 Å². The molecular weight excluding hydrogens is 1400 g/mol. The molecule has 0 aliphatic heterocycles. The molecule has 0 aromatic rings. The molecular formula is C89H144O17P2. The van der Waals surface area contributed by atoms with Gasteiger partial charge in [0.15, 0.2) is 12.2 Å². The zero-order valence-corrected chi connectivity index (χ0v) is 68.7. The summed E-state index contributed by atoms with van der Waals surface area (Å²) >= 11 is 0. The van der Waals surface area contributed by atoms with Gasteiger partial charge in [0.05, 0.1) is 26.4 Å². The number of carbonyl (C=O) groups excluding carboxylic acids is 4. The Morgan fingerprint density at radius 3 is 0.759 bits per heavy atom. The van der Waals surface area contributed by atoms with E-state index in [1.54, 1.807) is 0 Å². The molecule has 3 N–H and O–H groups in total. The normalized spacial score (nSPS) is 14.8. The van der Waals surface area contributed by atoms with Crippen LogP contribution in [0.1, 0.15) is 297 Å². The lowest BCUT2D eigenvalue weighted by atomic mass is 10.1. The molecule has 0 aromatic carbocycles. The summed E-state index contributed by atoms with van der Waals surface area (Å²) in [5.41, 5.74) is 0. The molecule has 612 valence electrons. The third-order valence-corrected chi connectivity index (χ3v) is 18.2. The van der Waals surface area contributed by atoms with Gasteiger partial charge in [-0.1, -0.05) is 274 Å². The molecule has 5 unspecified atom stereocenters. The Kier molecular flexibility index (Phi) is 75.0. The van der Waals surface area contributed by atoms with E-state index >= 15 is 0 Å². The van der Waals surface area contributed by atoms with E-state index < -0.39 is 97.5 Å². The molecule has 0 aliphatic rings. The average molecular weight is 1550 g/mol. The van der Waals surface area contributed by atoms with Crippen molar-refractivity contribution < 1.29 is 80.2 Å². The zero-order chi connectivity index (χ0) is 78.9. The molecule has 0 fully saturated rings. The van der Waals surface area contributed by atoms with Crippen molar-refractivity contribution in [3.8, 4) is 0 Å². The topological polar surface area (TPSA) is 237 Å². The second kappa shape index (κ2) is 79.3. The van der Waals surface area contributed by atoms with Gasteiger partial charge < -0.3 is 33.8 Å². The maximum atomic E-state index is 13.1. The Balaban J connectivity index is 5.48. The highest BCUT2D eigenvalue weighted by molar-refractivity contribution is 7.47. The Morgan fingerprint density at radius 1 is 0.269 bits per heavy atom. The van der Waals surface area contributed by atoms with Crippen molar-refractivity contribution >= 4 is 39.5 Å². The summed E-state index contributed by atoms with van der Waals surface area (Å²) in [5.74, 6) is -2.31. The van der Waals surface area contributed by atoms with Crippen LogP contribution in [-0.4, -0.2) is 96.7 Å². The zero-order valence-electron chi connectivity index (χ0n) is 66.9. The highest BCUT2D eigenvalue weighted by atomic mass is 31.2. The summed E-state index contributed by atoms with van der Waals surface area (Å²) in [4.78, 5) is 73.1. The second-order valence-corrected chi connectivity index (χ2v) is 29.5. The third kappa shape index (κ3) is 78.3. The van der Waals surface area contributed by atoms with E-state index in [-0.39, 0.29) is 25.7 Å². The van der Waals surface area contributed by atoms with Crippen LogP contribution in [0.15, 0.2) is 182 Å². The van der Waals surface area contributed by atoms with Crippen LogP contribution in [0.2, 0.25) is 0 Å². The summed E-state index contributed by atoms with van der Waals surface area (Å²) in [5, 5.41) is 10.7. The van der Waals surface area contributed by atoms with E-state index in [9.17, 15) is 43.2 Å². The lowest BCUT2D eigenvalue weighted by molar-refractivity contribution is -0.161. The molecule has 0 aromatic heterocycles. The number of rotatable bonds is 75. The largest absolute Gasteiger partial charge is 0.472 e. The first-order valence-corrected chi connectivity index (χ1v) is 44.0. The molecule has 17 nitrogen and oxygen atoms in total. The Morgan fingerprint density at radius 2 is 0.481 bits per heavy atom. The van der Waals surface area contributed by atoms with Crippen molar-refractivity contribution in [2.45, 2.75) is 316 Å². The number of phosphoric ester groups is 2. The number of hydrogen-bond acceptors (Lipinski definition) is 15. The Hall–Kier alpha value is -5.84. The highest BCUT2D eigenvalue weighted by Crippen LogP contribution is 2.45. The van der Waals surface area contributed by atoms with Crippen LogP contribution in [0.4, 0.5) is 0 Å². The number of allylic oxidation sites excluding steroid dienone is 30. The standard InChI is InChI=1S/C89H144O17P2/c1-5-9-13-17-21-25-29-33-37-39-41-43-47-50-54-58-62-66-70-74-87(92)100-80-85(106-89(94)76-72-68-64-60-56-52-48-44-42-40-38-34-30-26-22-18-14-10-6-2)82-104-108(97,98)102-78-83(90)77-101-107(95,96)103-81-84(105-88(93)75-71-67-63-59-55-51-46-36-32-28-24-20-16-12-8-4)79-99-86(91)73-69-65-61-57-53-49-45-35-31-27-23-19-15-11-7-3/h9,11-13,15-16,21-28,33-38,41-46,53,55,57,59,83-85,90H,5-8,10,14,17-20,29-32,39-40,47-52,54,56,58,60-82H2,1-4H3,(H,95,96)(H,97,98)/b13-9-,15-11-,16-12-,25-21-,26-22-,27-23-,28-24-,37-33-,38-34-,43-41-,44-42-,45-35-,46-36-,57-53-,59-55-. The van der Waals surface area contributed by atoms with Gasteiger partial charge in [-0.25, -0.2) is 9.13 Å². The molecule has 0 radical (unpaired) electrons. The highest BCUT2D eigenvalue weighted by Gasteiger charge is 2.30. The molecule has 0 amide bonds. The number of aliphatic hydroxyl groups is 1. The minimum Gasteiger partial charge on any atom is -0.462 e. The quantitative estimate of drug-likeness (QED) is 0.0169. The molecule has 0 spiro atoms. The van der Waals surface area contributed by atoms with Gasteiger partial charge in [0, 0.05) is 25.7 Å². The first-order valence-electron chi connectivity index (χ1n) is 41.0.